The molecule has 2 aromatic rings. The van der Waals surface area contributed by atoms with E-state index in [4.69, 9.17) is 27.9 Å². The number of methoxy groups -OCH3 is 1. The first kappa shape index (κ1) is 17.1. The molecule has 120 valence electrons. The third-order valence-electron chi connectivity index (χ3n) is 2.97. The van der Waals surface area contributed by atoms with Crippen LogP contribution in [0.2, 0.25) is 10.0 Å². The van der Waals surface area contributed by atoms with Crippen LogP contribution in [0.1, 0.15) is 10.4 Å². The summed E-state index contributed by atoms with van der Waals surface area (Å²) in [5.74, 6) is -0.259. The van der Waals surface area contributed by atoms with Gasteiger partial charge < -0.3 is 15.4 Å². The molecule has 0 unspecified atom stereocenters. The summed E-state index contributed by atoms with van der Waals surface area (Å²) in [4.78, 5) is 23.9. The maximum absolute atomic E-state index is 12.0. The van der Waals surface area contributed by atoms with Gasteiger partial charge in [0.25, 0.3) is 5.91 Å². The number of nitrogens with one attached hydrogen (secondary N) is 2. The molecule has 2 N–H and O–H groups in total. The average Bonchev–Trinajstić information content (AvgIpc) is 2.56. The number of para-hydroxylation sites is 1. The predicted molar refractivity (Wildman–Crippen MR) is 90.4 cm³/mol. The van der Waals surface area contributed by atoms with Crippen molar-refractivity contribution in [3.05, 3.63) is 58.1 Å². The van der Waals surface area contributed by atoms with Gasteiger partial charge in [-0.05, 0) is 30.3 Å². The molecule has 0 aliphatic heterocycles. The fraction of sp³-hybridized carbons (Fsp3) is 0.125. The molecule has 0 fully saturated rings. The summed E-state index contributed by atoms with van der Waals surface area (Å²) in [6.45, 7) is -0.211. The third kappa shape index (κ3) is 4.61. The van der Waals surface area contributed by atoms with Gasteiger partial charge in [0.2, 0.25) is 5.91 Å². The highest BCUT2D eigenvalue weighted by Crippen LogP contribution is 2.29. The maximum Gasteiger partial charge on any atom is 0.251 e. The van der Waals surface area contributed by atoms with E-state index in [1.54, 1.807) is 42.5 Å². The quantitative estimate of drug-likeness (QED) is 0.866. The maximum atomic E-state index is 12.0. The Morgan fingerprint density at radius 1 is 1.09 bits per heavy atom. The molecule has 0 atom stereocenters. The lowest BCUT2D eigenvalue weighted by atomic mass is 10.2. The molecular weight excluding hydrogens is 339 g/mol. The zero-order chi connectivity index (χ0) is 16.8. The molecule has 0 radical (unpaired) electrons. The van der Waals surface area contributed by atoms with E-state index in [9.17, 15) is 9.59 Å². The van der Waals surface area contributed by atoms with E-state index in [0.29, 0.717) is 27.0 Å². The Hall–Kier alpha value is -2.24. The van der Waals surface area contributed by atoms with Gasteiger partial charge in [0.15, 0.2) is 0 Å². The van der Waals surface area contributed by atoms with E-state index in [-0.39, 0.29) is 12.5 Å². The molecule has 5 nitrogen and oxygen atoms in total. The van der Waals surface area contributed by atoms with Gasteiger partial charge in [-0.2, -0.15) is 0 Å². The van der Waals surface area contributed by atoms with Gasteiger partial charge in [-0.15, -0.1) is 0 Å². The molecule has 0 bridgehead atoms. The van der Waals surface area contributed by atoms with Gasteiger partial charge in [-0.25, -0.2) is 0 Å². The van der Waals surface area contributed by atoms with Gasteiger partial charge in [-0.1, -0.05) is 35.3 Å². The summed E-state index contributed by atoms with van der Waals surface area (Å²) in [5, 5.41) is 5.73. The molecule has 0 spiro atoms. The first-order valence-electron chi connectivity index (χ1n) is 6.67. The van der Waals surface area contributed by atoms with E-state index >= 15 is 0 Å². The Balaban J connectivity index is 1.95. The van der Waals surface area contributed by atoms with Crippen molar-refractivity contribution >= 4 is 40.7 Å². The van der Waals surface area contributed by atoms with Crippen molar-refractivity contribution in [2.75, 3.05) is 19.0 Å². The Labute approximate surface area is 143 Å². The summed E-state index contributed by atoms with van der Waals surface area (Å²) in [6, 6.07) is 11.5. The van der Waals surface area contributed by atoms with Crippen molar-refractivity contribution in [2.24, 2.45) is 0 Å². The second-order valence-electron chi connectivity index (χ2n) is 4.56. The molecule has 7 heteroatoms. The van der Waals surface area contributed by atoms with E-state index in [2.05, 4.69) is 10.6 Å². The van der Waals surface area contributed by atoms with Crippen molar-refractivity contribution < 1.29 is 14.3 Å². The Morgan fingerprint density at radius 2 is 1.74 bits per heavy atom. The fourth-order valence-electron chi connectivity index (χ4n) is 1.83. The highest BCUT2D eigenvalue weighted by atomic mass is 35.5. The minimum Gasteiger partial charge on any atom is -0.497 e. The number of halogens is 2. The lowest BCUT2D eigenvalue weighted by Gasteiger charge is -2.10. The summed E-state index contributed by atoms with van der Waals surface area (Å²) in [5.41, 5.74) is 0.712. The summed E-state index contributed by atoms with van der Waals surface area (Å²) in [7, 11) is 1.51. The number of carbonyl (C=O) groups excluding carboxylic acids is 2. The van der Waals surface area contributed by atoms with Gasteiger partial charge in [-0.3, -0.25) is 9.59 Å². The predicted octanol–water partition coefficient (Wildman–Crippen LogP) is 3.37. The van der Waals surface area contributed by atoms with Crippen LogP contribution in [0.4, 0.5) is 5.69 Å². The number of ether oxygens (including phenoxy) is 1. The second kappa shape index (κ2) is 7.85. The van der Waals surface area contributed by atoms with Crippen LogP contribution in [0.15, 0.2) is 42.5 Å². The lowest BCUT2D eigenvalue weighted by molar-refractivity contribution is -0.115. The summed E-state index contributed by atoms with van der Waals surface area (Å²) in [6.07, 6.45) is 0. The molecule has 0 saturated heterocycles. The Kier molecular flexibility index (Phi) is 5.84. The molecule has 0 aliphatic rings. The van der Waals surface area contributed by atoms with Crippen molar-refractivity contribution in [3.63, 3.8) is 0 Å². The summed E-state index contributed by atoms with van der Waals surface area (Å²) < 4.78 is 5.05. The lowest BCUT2D eigenvalue weighted by Crippen LogP contribution is -2.33. The number of rotatable bonds is 5. The van der Waals surface area contributed by atoms with Crippen LogP contribution in [0.25, 0.3) is 0 Å². The molecule has 2 rings (SSSR count). The monoisotopic (exact) mass is 352 g/mol. The summed E-state index contributed by atoms with van der Waals surface area (Å²) >= 11 is 11.9. The number of benzene rings is 2. The van der Waals surface area contributed by atoms with Crippen LogP contribution >= 0.6 is 23.2 Å². The number of hydrogen-bond donors (Lipinski definition) is 2. The van der Waals surface area contributed by atoms with Crippen molar-refractivity contribution in [1.29, 1.82) is 0 Å². The molecule has 0 heterocycles. The first-order valence-corrected chi connectivity index (χ1v) is 7.43. The molecule has 23 heavy (non-hydrogen) atoms. The van der Waals surface area contributed by atoms with Crippen LogP contribution in [0.3, 0.4) is 0 Å². The van der Waals surface area contributed by atoms with Gasteiger partial charge >= 0.3 is 0 Å². The number of hydrogen-bond acceptors (Lipinski definition) is 3. The molecule has 0 aromatic heterocycles. The van der Waals surface area contributed by atoms with Crippen LogP contribution in [0.5, 0.6) is 5.75 Å². The van der Waals surface area contributed by atoms with Crippen molar-refractivity contribution in [3.8, 4) is 5.75 Å². The average molecular weight is 353 g/mol. The van der Waals surface area contributed by atoms with Gasteiger partial charge in [0.05, 0.1) is 29.4 Å². The van der Waals surface area contributed by atoms with Crippen LogP contribution in [-0.2, 0) is 4.79 Å². The normalized spacial score (nSPS) is 10.0. The third-order valence-corrected chi connectivity index (χ3v) is 3.60. The van der Waals surface area contributed by atoms with Gasteiger partial charge in [0.1, 0.15) is 5.75 Å². The SMILES string of the molecule is COc1cccc(C(=O)NCC(=O)Nc2c(Cl)cccc2Cl)c1. The van der Waals surface area contributed by atoms with Crippen LogP contribution in [-0.4, -0.2) is 25.5 Å². The zero-order valence-corrected chi connectivity index (χ0v) is 13.7. The van der Waals surface area contributed by atoms with E-state index in [1.807, 2.05) is 0 Å². The van der Waals surface area contributed by atoms with Crippen molar-refractivity contribution in [1.82, 2.24) is 5.32 Å². The minimum absolute atomic E-state index is 0.211. The number of anilines is 1. The van der Waals surface area contributed by atoms with E-state index in [1.165, 1.54) is 7.11 Å². The molecule has 0 aliphatic carbocycles. The largest absolute Gasteiger partial charge is 0.497 e. The Bertz CT molecular complexity index is 715. The van der Waals surface area contributed by atoms with Crippen LogP contribution < -0.4 is 15.4 Å². The molecule has 2 amide bonds. The van der Waals surface area contributed by atoms with Gasteiger partial charge in [0, 0.05) is 5.56 Å². The number of amides is 2. The highest BCUT2D eigenvalue weighted by Gasteiger charge is 2.12. The fourth-order valence-corrected chi connectivity index (χ4v) is 2.32. The first-order chi connectivity index (χ1) is 11.0. The van der Waals surface area contributed by atoms with Crippen molar-refractivity contribution in [2.45, 2.75) is 0 Å². The van der Waals surface area contributed by atoms with E-state index < -0.39 is 5.91 Å². The standard InChI is InChI=1S/C16H14Cl2N2O3/c1-23-11-5-2-4-10(8-11)16(22)19-9-14(21)20-15-12(17)6-3-7-13(15)18/h2-8H,9H2,1H3,(H,19,22)(H,20,21). The highest BCUT2D eigenvalue weighted by molar-refractivity contribution is 6.39. The van der Waals surface area contributed by atoms with E-state index in [0.717, 1.165) is 0 Å². The minimum atomic E-state index is -0.434. The topological polar surface area (TPSA) is 67.4 Å². The molecular formula is C16H14Cl2N2O3. The molecule has 0 saturated carbocycles. The zero-order valence-electron chi connectivity index (χ0n) is 12.2. The van der Waals surface area contributed by atoms with Crippen LogP contribution in [0, 0.1) is 0 Å². The Morgan fingerprint density at radius 3 is 2.39 bits per heavy atom. The number of carbonyl (C=O) groups is 2. The smallest absolute Gasteiger partial charge is 0.251 e. The second-order valence-corrected chi connectivity index (χ2v) is 5.37. The molecule has 2 aromatic carbocycles.